The molecular formula is C8H16N2O. The molecular weight excluding hydrogens is 140 g/mol. The number of nitrogens with two attached hydrogens (primary N) is 1. The highest BCUT2D eigenvalue weighted by atomic mass is 16.1. The molecule has 0 aromatic rings. The predicted molar refractivity (Wildman–Crippen MR) is 44.0 cm³/mol. The van der Waals surface area contributed by atoms with Crippen molar-refractivity contribution in [2.24, 2.45) is 11.7 Å². The fraction of sp³-hybridized carbons (Fsp3) is 0.875. The average molecular weight is 156 g/mol. The molecule has 1 saturated carbocycles. The summed E-state index contributed by atoms with van der Waals surface area (Å²) in [4.78, 5) is 10.8. The van der Waals surface area contributed by atoms with Gasteiger partial charge in [-0.2, -0.15) is 0 Å². The van der Waals surface area contributed by atoms with Crippen LogP contribution >= 0.6 is 0 Å². The summed E-state index contributed by atoms with van der Waals surface area (Å²) < 4.78 is 0. The summed E-state index contributed by atoms with van der Waals surface area (Å²) in [5.74, 6) is 0.772. The number of hydrogen-bond acceptors (Lipinski definition) is 2. The molecule has 1 amide bonds. The maximum Gasteiger partial charge on any atom is 0.219 e. The first-order valence-electron chi connectivity index (χ1n) is 4.26. The third kappa shape index (κ3) is 2.89. The molecule has 3 N–H and O–H groups in total. The Morgan fingerprint density at radius 1 is 1.73 bits per heavy atom. The zero-order valence-corrected chi connectivity index (χ0v) is 6.97. The monoisotopic (exact) mass is 156 g/mol. The molecule has 64 valence electrons. The van der Waals surface area contributed by atoms with Gasteiger partial charge in [-0.1, -0.05) is 6.92 Å². The van der Waals surface area contributed by atoms with E-state index in [9.17, 15) is 4.79 Å². The standard InChI is InChI=1S/C8H16N2O/c1-2-8(11)10-5-7(9)6-3-4-6/h6-7H,2-5,9H2,1H3,(H,10,11). The molecule has 0 aliphatic heterocycles. The Labute approximate surface area is 67.3 Å². The van der Waals surface area contributed by atoms with Gasteiger partial charge in [0, 0.05) is 19.0 Å². The molecule has 0 saturated heterocycles. The number of carbonyl (C=O) groups is 1. The molecule has 3 nitrogen and oxygen atoms in total. The van der Waals surface area contributed by atoms with E-state index in [-0.39, 0.29) is 11.9 Å². The number of amides is 1. The summed E-state index contributed by atoms with van der Waals surface area (Å²) in [5, 5.41) is 2.79. The highest BCUT2D eigenvalue weighted by Gasteiger charge is 2.28. The van der Waals surface area contributed by atoms with Crippen molar-refractivity contribution in [3.05, 3.63) is 0 Å². The van der Waals surface area contributed by atoms with Crippen LogP contribution in [-0.2, 0) is 4.79 Å². The fourth-order valence-electron chi connectivity index (χ4n) is 1.05. The van der Waals surface area contributed by atoms with Crippen molar-refractivity contribution in [2.75, 3.05) is 6.54 Å². The van der Waals surface area contributed by atoms with Gasteiger partial charge in [0.15, 0.2) is 0 Å². The summed E-state index contributed by atoms with van der Waals surface area (Å²) in [6, 6.07) is 0.186. The van der Waals surface area contributed by atoms with Gasteiger partial charge < -0.3 is 11.1 Å². The molecule has 0 radical (unpaired) electrons. The van der Waals surface area contributed by atoms with Crippen molar-refractivity contribution < 1.29 is 4.79 Å². The Balaban J connectivity index is 2.05. The third-order valence-corrected chi connectivity index (χ3v) is 2.08. The molecule has 0 bridgehead atoms. The zero-order chi connectivity index (χ0) is 8.27. The zero-order valence-electron chi connectivity index (χ0n) is 6.97. The van der Waals surface area contributed by atoms with Gasteiger partial charge >= 0.3 is 0 Å². The second-order valence-electron chi connectivity index (χ2n) is 3.16. The lowest BCUT2D eigenvalue weighted by molar-refractivity contribution is -0.120. The number of nitrogens with one attached hydrogen (secondary N) is 1. The van der Waals surface area contributed by atoms with Crippen molar-refractivity contribution >= 4 is 5.91 Å². The number of carbonyl (C=O) groups excluding carboxylic acids is 1. The molecule has 1 fully saturated rings. The van der Waals surface area contributed by atoms with Crippen molar-refractivity contribution in [1.29, 1.82) is 0 Å². The van der Waals surface area contributed by atoms with Crippen LogP contribution in [0, 0.1) is 5.92 Å². The fourth-order valence-corrected chi connectivity index (χ4v) is 1.05. The highest BCUT2D eigenvalue weighted by Crippen LogP contribution is 2.31. The first-order valence-corrected chi connectivity index (χ1v) is 4.26. The Kier molecular flexibility index (Phi) is 2.88. The summed E-state index contributed by atoms with van der Waals surface area (Å²) in [6.07, 6.45) is 3.03. The largest absolute Gasteiger partial charge is 0.355 e. The van der Waals surface area contributed by atoms with Crippen molar-refractivity contribution in [3.8, 4) is 0 Å². The summed E-state index contributed by atoms with van der Waals surface area (Å²) >= 11 is 0. The van der Waals surface area contributed by atoms with Gasteiger partial charge in [-0.25, -0.2) is 0 Å². The van der Waals surface area contributed by atoms with E-state index in [1.165, 1.54) is 12.8 Å². The van der Waals surface area contributed by atoms with Gasteiger partial charge in [-0.05, 0) is 18.8 Å². The molecule has 0 heterocycles. The maximum absolute atomic E-state index is 10.8. The van der Waals surface area contributed by atoms with Crippen LogP contribution < -0.4 is 11.1 Å². The van der Waals surface area contributed by atoms with Crippen LogP contribution in [0.25, 0.3) is 0 Å². The Morgan fingerprint density at radius 2 is 2.36 bits per heavy atom. The van der Waals surface area contributed by atoms with Crippen LogP contribution in [0.4, 0.5) is 0 Å². The maximum atomic E-state index is 10.8. The minimum absolute atomic E-state index is 0.0982. The number of hydrogen-bond donors (Lipinski definition) is 2. The average Bonchev–Trinajstić information content (AvgIpc) is 2.81. The van der Waals surface area contributed by atoms with Crippen molar-refractivity contribution in [1.82, 2.24) is 5.32 Å². The SMILES string of the molecule is CCC(=O)NCC(N)C1CC1. The van der Waals surface area contributed by atoms with Gasteiger partial charge in [-0.3, -0.25) is 4.79 Å². The van der Waals surface area contributed by atoms with Crippen LogP contribution in [-0.4, -0.2) is 18.5 Å². The van der Waals surface area contributed by atoms with Crippen molar-refractivity contribution in [2.45, 2.75) is 32.2 Å². The van der Waals surface area contributed by atoms with Crippen LogP contribution in [0.2, 0.25) is 0 Å². The molecule has 0 spiro atoms. The first-order chi connectivity index (χ1) is 5.24. The van der Waals surface area contributed by atoms with E-state index in [0.717, 1.165) is 0 Å². The van der Waals surface area contributed by atoms with Gasteiger partial charge in [-0.15, -0.1) is 0 Å². The minimum atomic E-state index is 0.0982. The molecule has 0 aromatic heterocycles. The molecule has 1 rings (SSSR count). The lowest BCUT2D eigenvalue weighted by atomic mass is 10.2. The summed E-state index contributed by atoms with van der Waals surface area (Å²) in [6.45, 7) is 2.50. The third-order valence-electron chi connectivity index (χ3n) is 2.08. The van der Waals surface area contributed by atoms with Crippen LogP contribution in [0.5, 0.6) is 0 Å². The second kappa shape index (κ2) is 3.72. The number of rotatable bonds is 4. The molecule has 11 heavy (non-hydrogen) atoms. The molecule has 1 atom stereocenters. The molecule has 1 unspecified atom stereocenters. The Morgan fingerprint density at radius 3 is 2.82 bits per heavy atom. The van der Waals surface area contributed by atoms with Gasteiger partial charge in [0.2, 0.25) is 5.91 Å². The molecule has 1 aliphatic rings. The van der Waals surface area contributed by atoms with Gasteiger partial charge in [0.1, 0.15) is 0 Å². The van der Waals surface area contributed by atoms with E-state index in [4.69, 9.17) is 5.73 Å². The lowest BCUT2D eigenvalue weighted by Gasteiger charge is -2.10. The second-order valence-corrected chi connectivity index (χ2v) is 3.16. The Hall–Kier alpha value is -0.570. The predicted octanol–water partition coefficient (Wildman–Crippen LogP) is 0.250. The Bertz CT molecular complexity index is 143. The molecule has 3 heteroatoms. The summed E-state index contributed by atoms with van der Waals surface area (Å²) in [5.41, 5.74) is 5.77. The quantitative estimate of drug-likeness (QED) is 0.613. The van der Waals surface area contributed by atoms with Crippen LogP contribution in [0.1, 0.15) is 26.2 Å². The highest BCUT2D eigenvalue weighted by molar-refractivity contribution is 5.75. The van der Waals surface area contributed by atoms with Crippen molar-refractivity contribution in [3.63, 3.8) is 0 Å². The molecule has 0 aromatic carbocycles. The van der Waals surface area contributed by atoms with Gasteiger partial charge in [0.25, 0.3) is 0 Å². The minimum Gasteiger partial charge on any atom is -0.355 e. The van der Waals surface area contributed by atoms with E-state index >= 15 is 0 Å². The molecule has 1 aliphatic carbocycles. The van der Waals surface area contributed by atoms with Crippen LogP contribution in [0.15, 0.2) is 0 Å². The van der Waals surface area contributed by atoms with E-state index in [1.807, 2.05) is 6.92 Å². The first kappa shape index (κ1) is 8.53. The summed E-state index contributed by atoms with van der Waals surface area (Å²) in [7, 11) is 0. The van der Waals surface area contributed by atoms with E-state index in [2.05, 4.69) is 5.32 Å². The lowest BCUT2D eigenvalue weighted by Crippen LogP contribution is -2.38. The van der Waals surface area contributed by atoms with Crippen LogP contribution in [0.3, 0.4) is 0 Å². The van der Waals surface area contributed by atoms with E-state index in [1.54, 1.807) is 0 Å². The normalized spacial score (nSPS) is 19.5. The van der Waals surface area contributed by atoms with E-state index < -0.39 is 0 Å². The van der Waals surface area contributed by atoms with Gasteiger partial charge in [0.05, 0.1) is 0 Å². The van der Waals surface area contributed by atoms with E-state index in [0.29, 0.717) is 18.9 Å². The smallest absolute Gasteiger partial charge is 0.219 e. The topological polar surface area (TPSA) is 55.1 Å².